The second-order valence-corrected chi connectivity index (χ2v) is 1.88. The quantitative estimate of drug-likeness (QED) is 0.611. The van der Waals surface area contributed by atoms with Crippen LogP contribution < -0.4 is 0 Å². The van der Waals surface area contributed by atoms with Gasteiger partial charge in [0.05, 0.1) is 0 Å². The Morgan fingerprint density at radius 1 is 1.00 bits per heavy atom. The zero-order valence-electron chi connectivity index (χ0n) is 6.99. The van der Waals surface area contributed by atoms with E-state index in [1.54, 1.807) is 0 Å². The van der Waals surface area contributed by atoms with Crippen molar-refractivity contribution >= 4 is 18.0 Å². The van der Waals surface area contributed by atoms with Gasteiger partial charge in [-0.15, -0.1) is 0 Å². The van der Waals surface area contributed by atoms with Crippen LogP contribution in [0, 0.1) is 29.6 Å². The van der Waals surface area contributed by atoms with E-state index in [2.05, 4.69) is 19.1 Å². The van der Waals surface area contributed by atoms with Crippen molar-refractivity contribution in [1.29, 1.82) is 10.5 Å². The van der Waals surface area contributed by atoms with Crippen LogP contribution in [0.4, 0.5) is 0 Å². The van der Waals surface area contributed by atoms with E-state index in [0.29, 0.717) is 0 Å². The van der Waals surface area contributed by atoms with Crippen LogP contribution in [0.5, 0.6) is 0 Å². The standard InChI is InChI=1S/C7H8.C2N2.AsH3/c1-7-5-3-2-4-6-7;3-1-2-4;/h2-6H,1H3;;1H3. The molecule has 0 aliphatic heterocycles. The normalized spacial score (nSPS) is 5.92. The van der Waals surface area contributed by atoms with Crippen LogP contribution in [-0.4, -0.2) is 18.0 Å². The van der Waals surface area contributed by atoms with Crippen LogP contribution in [0.2, 0.25) is 0 Å². The predicted octanol–water partition coefficient (Wildman–Crippen LogP) is 0.845. The Hall–Kier alpha value is -1.24. The van der Waals surface area contributed by atoms with Crippen LogP contribution in [-0.2, 0) is 0 Å². The molecule has 0 saturated carbocycles. The number of aryl methyl sites for hydroxylation is 1. The molecule has 0 bridgehead atoms. The van der Waals surface area contributed by atoms with Crippen molar-refractivity contribution in [3.8, 4) is 12.1 Å². The van der Waals surface area contributed by atoms with E-state index in [9.17, 15) is 0 Å². The fourth-order valence-corrected chi connectivity index (χ4v) is 0.534. The molecule has 0 heterocycles. The van der Waals surface area contributed by atoms with Crippen molar-refractivity contribution in [1.82, 2.24) is 0 Å². The molecule has 0 spiro atoms. The van der Waals surface area contributed by atoms with E-state index in [-0.39, 0.29) is 18.0 Å². The fraction of sp³-hybridized carbons (Fsp3) is 0.111. The van der Waals surface area contributed by atoms with Gasteiger partial charge in [0, 0.05) is 0 Å². The average Bonchev–Trinajstić information content (AvgIpc) is 2.07. The summed E-state index contributed by atoms with van der Waals surface area (Å²) in [6, 6.07) is 12.7. The minimum atomic E-state index is 0. The Morgan fingerprint density at radius 2 is 1.42 bits per heavy atom. The number of nitrogens with zero attached hydrogens (tertiary/aromatic N) is 2. The van der Waals surface area contributed by atoms with Gasteiger partial charge in [-0.25, -0.2) is 0 Å². The van der Waals surface area contributed by atoms with E-state index in [0.717, 1.165) is 0 Å². The van der Waals surface area contributed by atoms with Gasteiger partial charge >= 0.3 is 18.0 Å². The molecule has 1 aromatic rings. The molecule has 62 valence electrons. The first-order valence-corrected chi connectivity index (χ1v) is 3.11. The molecule has 0 radical (unpaired) electrons. The van der Waals surface area contributed by atoms with E-state index in [1.807, 2.05) is 18.2 Å². The predicted molar refractivity (Wildman–Crippen MR) is 52.3 cm³/mol. The Bertz CT molecular complexity index is 257. The molecule has 3 heteroatoms. The minimum absolute atomic E-state index is 0. The molecule has 0 aromatic heterocycles. The van der Waals surface area contributed by atoms with Gasteiger partial charge in [-0.3, -0.25) is 0 Å². The molecule has 1 aromatic carbocycles. The molecule has 12 heavy (non-hydrogen) atoms. The summed E-state index contributed by atoms with van der Waals surface area (Å²) in [6.07, 6.45) is 0. The first-order chi connectivity index (χ1) is 5.31. The third-order valence-corrected chi connectivity index (χ3v) is 0.990. The maximum absolute atomic E-state index is 7.26. The Balaban J connectivity index is 0. The Morgan fingerprint density at radius 3 is 1.58 bits per heavy atom. The number of hydrogen-bond donors (Lipinski definition) is 0. The first-order valence-electron chi connectivity index (χ1n) is 3.11. The summed E-state index contributed by atoms with van der Waals surface area (Å²) in [4.78, 5) is 0. The third kappa shape index (κ3) is 8.76. The van der Waals surface area contributed by atoms with Crippen LogP contribution in [0.25, 0.3) is 0 Å². The maximum atomic E-state index is 7.26. The topological polar surface area (TPSA) is 47.6 Å². The number of nitriles is 2. The summed E-state index contributed by atoms with van der Waals surface area (Å²) < 4.78 is 0. The van der Waals surface area contributed by atoms with Crippen molar-refractivity contribution in [2.75, 3.05) is 0 Å². The zero-order valence-corrected chi connectivity index (χ0v) is 9.96. The van der Waals surface area contributed by atoms with Crippen LogP contribution in [0.3, 0.4) is 0 Å². The van der Waals surface area contributed by atoms with Crippen molar-refractivity contribution in [2.45, 2.75) is 6.92 Å². The van der Waals surface area contributed by atoms with Gasteiger partial charge < -0.3 is 0 Å². The summed E-state index contributed by atoms with van der Waals surface area (Å²) >= 11 is 0. The van der Waals surface area contributed by atoms with Gasteiger partial charge in [0.15, 0.2) is 12.1 Å². The summed E-state index contributed by atoms with van der Waals surface area (Å²) in [6.45, 7) is 2.08. The summed E-state index contributed by atoms with van der Waals surface area (Å²) in [5, 5.41) is 14.5. The van der Waals surface area contributed by atoms with Crippen molar-refractivity contribution in [3.05, 3.63) is 35.9 Å². The van der Waals surface area contributed by atoms with Crippen LogP contribution in [0.15, 0.2) is 30.3 Å². The van der Waals surface area contributed by atoms with E-state index in [1.165, 1.54) is 17.7 Å². The average molecular weight is 222 g/mol. The molecule has 0 fully saturated rings. The van der Waals surface area contributed by atoms with Gasteiger partial charge in [0.25, 0.3) is 0 Å². The molecule has 0 saturated heterocycles. The molecular formula is C9H11AsN2. The monoisotopic (exact) mass is 222 g/mol. The van der Waals surface area contributed by atoms with Gasteiger partial charge in [-0.1, -0.05) is 35.9 Å². The molecule has 2 nitrogen and oxygen atoms in total. The van der Waals surface area contributed by atoms with Gasteiger partial charge in [-0.2, -0.15) is 10.5 Å². The van der Waals surface area contributed by atoms with Crippen molar-refractivity contribution < 1.29 is 0 Å². The second-order valence-electron chi connectivity index (χ2n) is 1.88. The van der Waals surface area contributed by atoms with Gasteiger partial charge in [-0.05, 0) is 6.92 Å². The van der Waals surface area contributed by atoms with Gasteiger partial charge in [0.1, 0.15) is 0 Å². The number of benzene rings is 1. The first kappa shape index (κ1) is 13.4. The Labute approximate surface area is 83.8 Å². The molecule has 1 rings (SSSR count). The summed E-state index contributed by atoms with van der Waals surface area (Å²) in [5.74, 6) is 0. The van der Waals surface area contributed by atoms with Crippen molar-refractivity contribution in [2.24, 2.45) is 0 Å². The molecule has 0 N–H and O–H groups in total. The molecule has 0 aliphatic carbocycles. The molecular weight excluding hydrogens is 211 g/mol. The van der Waals surface area contributed by atoms with Crippen LogP contribution >= 0.6 is 0 Å². The van der Waals surface area contributed by atoms with E-state index >= 15 is 0 Å². The zero-order chi connectivity index (χ0) is 8.53. The SMILES string of the molecule is Cc1ccccc1.N#CC#N.[AsH3]. The second kappa shape index (κ2) is 9.76. The van der Waals surface area contributed by atoms with Crippen molar-refractivity contribution in [3.63, 3.8) is 0 Å². The molecule has 0 amide bonds. The molecule has 0 aliphatic rings. The molecule has 1 atom stereocenters. The molecule has 1 unspecified atom stereocenters. The third-order valence-electron chi connectivity index (χ3n) is 0.990. The van der Waals surface area contributed by atoms with E-state index < -0.39 is 0 Å². The fourth-order valence-electron chi connectivity index (χ4n) is 0.534. The Kier molecular flexibility index (Phi) is 10.9. The van der Waals surface area contributed by atoms with E-state index in [4.69, 9.17) is 10.5 Å². The summed E-state index contributed by atoms with van der Waals surface area (Å²) in [5.41, 5.74) is 1.32. The number of rotatable bonds is 0. The van der Waals surface area contributed by atoms with Crippen LogP contribution in [0.1, 0.15) is 5.56 Å². The summed E-state index contributed by atoms with van der Waals surface area (Å²) in [7, 11) is 0. The number of hydrogen-bond acceptors (Lipinski definition) is 2. The van der Waals surface area contributed by atoms with Gasteiger partial charge in [0.2, 0.25) is 0 Å².